The fourth-order valence-electron chi connectivity index (χ4n) is 2.51. The first-order chi connectivity index (χ1) is 12.0. The molecule has 1 amide bonds. The third kappa shape index (κ3) is 3.37. The molecule has 0 spiro atoms. The van der Waals surface area contributed by atoms with Crippen molar-refractivity contribution in [1.29, 1.82) is 0 Å². The lowest BCUT2D eigenvalue weighted by atomic mass is 10.1. The third-order valence-corrected chi connectivity index (χ3v) is 3.71. The van der Waals surface area contributed by atoms with Crippen molar-refractivity contribution in [1.82, 2.24) is 15.5 Å². The predicted octanol–water partition coefficient (Wildman–Crippen LogP) is 2.47. The van der Waals surface area contributed by atoms with E-state index >= 15 is 0 Å². The van der Waals surface area contributed by atoms with E-state index in [9.17, 15) is 9.59 Å². The molecule has 130 valence electrons. The van der Waals surface area contributed by atoms with Crippen LogP contribution in [0.5, 0.6) is 0 Å². The highest BCUT2D eigenvalue weighted by atomic mass is 16.5. The molecule has 1 N–H and O–H groups in total. The molecule has 0 aromatic carbocycles. The Morgan fingerprint density at radius 1 is 1.40 bits per heavy atom. The minimum absolute atomic E-state index is 0.0735. The van der Waals surface area contributed by atoms with E-state index in [0.717, 1.165) is 0 Å². The maximum Gasteiger partial charge on any atom is 0.307 e. The van der Waals surface area contributed by atoms with Gasteiger partial charge < -0.3 is 19.0 Å². The molecule has 3 rings (SSSR count). The van der Waals surface area contributed by atoms with Crippen molar-refractivity contribution in [2.24, 2.45) is 0 Å². The number of ether oxygens (including phenoxy) is 1. The zero-order valence-corrected chi connectivity index (χ0v) is 14.0. The van der Waals surface area contributed by atoms with Crippen molar-refractivity contribution in [2.45, 2.75) is 26.3 Å². The van der Waals surface area contributed by atoms with Gasteiger partial charge in [-0.15, -0.1) is 0 Å². The quantitative estimate of drug-likeness (QED) is 0.709. The van der Waals surface area contributed by atoms with Gasteiger partial charge in [0.15, 0.2) is 5.76 Å². The Morgan fingerprint density at radius 2 is 2.20 bits per heavy atom. The SMILES string of the molecule is COC(=O)CC(C)NC(=O)c1cc(-c2ccco2)nc2onc(C)c12. The molecule has 0 aliphatic heterocycles. The number of carbonyl (C=O) groups is 2. The van der Waals surface area contributed by atoms with Gasteiger partial charge in [0.1, 0.15) is 5.69 Å². The lowest BCUT2D eigenvalue weighted by Gasteiger charge is -2.13. The zero-order valence-electron chi connectivity index (χ0n) is 14.0. The number of aryl methyl sites for hydroxylation is 1. The highest BCUT2D eigenvalue weighted by Gasteiger charge is 2.21. The molecule has 8 nitrogen and oxygen atoms in total. The second kappa shape index (κ2) is 6.76. The van der Waals surface area contributed by atoms with E-state index < -0.39 is 12.0 Å². The van der Waals surface area contributed by atoms with Gasteiger partial charge in [0.25, 0.3) is 11.6 Å². The van der Waals surface area contributed by atoms with E-state index in [2.05, 4.69) is 20.2 Å². The zero-order chi connectivity index (χ0) is 18.0. The first-order valence-electron chi connectivity index (χ1n) is 7.68. The minimum atomic E-state index is -0.398. The molecule has 1 unspecified atom stereocenters. The summed E-state index contributed by atoms with van der Waals surface area (Å²) >= 11 is 0. The molecule has 1 atom stereocenters. The van der Waals surface area contributed by atoms with Gasteiger partial charge in [-0.25, -0.2) is 4.98 Å². The van der Waals surface area contributed by atoms with Gasteiger partial charge in [-0.05, 0) is 32.0 Å². The Bertz CT molecular complexity index is 914. The van der Waals surface area contributed by atoms with Gasteiger partial charge in [0.2, 0.25) is 0 Å². The number of fused-ring (bicyclic) bond motifs is 1. The second-order valence-corrected chi connectivity index (χ2v) is 5.64. The smallest absolute Gasteiger partial charge is 0.307 e. The summed E-state index contributed by atoms with van der Waals surface area (Å²) in [4.78, 5) is 28.4. The summed E-state index contributed by atoms with van der Waals surface area (Å²) in [5, 5.41) is 7.18. The first-order valence-corrected chi connectivity index (χ1v) is 7.68. The Kier molecular flexibility index (Phi) is 4.51. The van der Waals surface area contributed by atoms with Crippen molar-refractivity contribution in [3.63, 3.8) is 0 Å². The van der Waals surface area contributed by atoms with E-state index in [4.69, 9.17) is 8.94 Å². The number of nitrogens with one attached hydrogen (secondary N) is 1. The maximum absolute atomic E-state index is 12.7. The van der Waals surface area contributed by atoms with Crippen LogP contribution in [0.3, 0.4) is 0 Å². The monoisotopic (exact) mass is 343 g/mol. The maximum atomic E-state index is 12.7. The molecule has 0 radical (unpaired) electrons. The lowest BCUT2D eigenvalue weighted by molar-refractivity contribution is -0.141. The summed E-state index contributed by atoms with van der Waals surface area (Å²) in [6, 6.07) is 4.69. The van der Waals surface area contributed by atoms with Crippen LogP contribution in [0.25, 0.3) is 22.6 Å². The molecule has 3 aromatic rings. The van der Waals surface area contributed by atoms with Crippen LogP contribution in [-0.4, -0.2) is 35.2 Å². The molecule has 0 saturated heterocycles. The molecule has 3 heterocycles. The van der Waals surface area contributed by atoms with Gasteiger partial charge in [-0.2, -0.15) is 0 Å². The van der Waals surface area contributed by atoms with Crippen LogP contribution >= 0.6 is 0 Å². The number of methoxy groups -OCH3 is 1. The fraction of sp³-hybridized carbons (Fsp3) is 0.294. The van der Waals surface area contributed by atoms with Crippen LogP contribution in [0.4, 0.5) is 0 Å². The Morgan fingerprint density at radius 3 is 2.88 bits per heavy atom. The Labute approximate surface area is 143 Å². The highest BCUT2D eigenvalue weighted by molar-refractivity contribution is 6.07. The van der Waals surface area contributed by atoms with E-state index in [1.807, 2.05) is 0 Å². The average molecular weight is 343 g/mol. The lowest BCUT2D eigenvalue weighted by Crippen LogP contribution is -2.34. The van der Waals surface area contributed by atoms with Crippen LogP contribution in [0.15, 0.2) is 33.4 Å². The molecule has 0 aliphatic carbocycles. The van der Waals surface area contributed by atoms with Gasteiger partial charge in [-0.3, -0.25) is 9.59 Å². The summed E-state index contributed by atoms with van der Waals surface area (Å²) in [6.45, 7) is 3.45. The molecule has 0 saturated carbocycles. The first kappa shape index (κ1) is 16.7. The number of rotatable bonds is 5. The molecule has 8 heteroatoms. The molecular weight excluding hydrogens is 326 g/mol. The van der Waals surface area contributed by atoms with Crippen molar-refractivity contribution < 1.29 is 23.3 Å². The Hall–Kier alpha value is -3.16. The van der Waals surface area contributed by atoms with Crippen LogP contribution in [0.2, 0.25) is 0 Å². The summed E-state index contributed by atoms with van der Waals surface area (Å²) in [5.74, 6) is -0.249. The molecule has 0 fully saturated rings. The van der Waals surface area contributed by atoms with E-state index in [-0.39, 0.29) is 18.0 Å². The molecular formula is C17H17N3O5. The summed E-state index contributed by atoms with van der Waals surface area (Å²) in [7, 11) is 1.30. The fourth-order valence-corrected chi connectivity index (χ4v) is 2.51. The number of pyridine rings is 1. The molecule has 25 heavy (non-hydrogen) atoms. The molecule has 0 aliphatic rings. The van der Waals surface area contributed by atoms with Crippen LogP contribution in [0.1, 0.15) is 29.4 Å². The predicted molar refractivity (Wildman–Crippen MR) is 87.8 cm³/mol. The number of furan rings is 1. The number of hydrogen-bond donors (Lipinski definition) is 1. The largest absolute Gasteiger partial charge is 0.469 e. The number of aromatic nitrogens is 2. The van der Waals surface area contributed by atoms with Crippen LogP contribution < -0.4 is 5.32 Å². The second-order valence-electron chi connectivity index (χ2n) is 5.64. The van der Waals surface area contributed by atoms with E-state index in [1.54, 1.807) is 32.0 Å². The van der Waals surface area contributed by atoms with Gasteiger partial charge in [-0.1, -0.05) is 5.16 Å². The number of nitrogens with zero attached hydrogens (tertiary/aromatic N) is 2. The van der Waals surface area contributed by atoms with Gasteiger partial charge in [0, 0.05) is 6.04 Å². The third-order valence-electron chi connectivity index (χ3n) is 3.71. The van der Waals surface area contributed by atoms with Crippen molar-refractivity contribution in [3.05, 3.63) is 35.7 Å². The number of carbonyl (C=O) groups excluding carboxylic acids is 2. The number of hydrogen-bond acceptors (Lipinski definition) is 7. The molecule has 3 aromatic heterocycles. The number of amides is 1. The average Bonchev–Trinajstić information content (AvgIpc) is 3.24. The minimum Gasteiger partial charge on any atom is -0.469 e. The van der Waals surface area contributed by atoms with Crippen LogP contribution in [-0.2, 0) is 9.53 Å². The van der Waals surface area contributed by atoms with Crippen LogP contribution in [0, 0.1) is 6.92 Å². The van der Waals surface area contributed by atoms with Crippen molar-refractivity contribution >= 4 is 23.0 Å². The highest BCUT2D eigenvalue weighted by Crippen LogP contribution is 2.27. The summed E-state index contributed by atoms with van der Waals surface area (Å²) in [5.41, 5.74) is 1.61. The van der Waals surface area contributed by atoms with E-state index in [1.165, 1.54) is 13.4 Å². The van der Waals surface area contributed by atoms with Gasteiger partial charge >= 0.3 is 5.97 Å². The molecule has 0 bridgehead atoms. The Balaban J connectivity index is 1.97. The number of esters is 1. The topological polar surface area (TPSA) is 107 Å². The van der Waals surface area contributed by atoms with Crippen molar-refractivity contribution in [3.8, 4) is 11.5 Å². The van der Waals surface area contributed by atoms with Gasteiger partial charge in [0.05, 0.1) is 36.4 Å². The summed E-state index contributed by atoms with van der Waals surface area (Å²) < 4.78 is 15.2. The van der Waals surface area contributed by atoms with Crippen molar-refractivity contribution in [2.75, 3.05) is 7.11 Å². The van der Waals surface area contributed by atoms with E-state index in [0.29, 0.717) is 28.1 Å². The normalized spacial score (nSPS) is 12.1. The standard InChI is InChI=1S/C17H17N3O5/c1-9(7-14(21)23-3)18-16(22)11-8-12(13-5-4-6-24-13)19-17-15(11)10(2)20-25-17/h4-6,8-9H,7H2,1-3H3,(H,18,22). The summed E-state index contributed by atoms with van der Waals surface area (Å²) in [6.07, 6.45) is 1.59.